The second-order valence-corrected chi connectivity index (χ2v) is 7.61. The van der Waals surface area contributed by atoms with Gasteiger partial charge in [0.1, 0.15) is 5.75 Å². The van der Waals surface area contributed by atoms with E-state index in [4.69, 9.17) is 9.47 Å². The Morgan fingerprint density at radius 1 is 1.25 bits per heavy atom. The molecule has 0 radical (unpaired) electrons. The number of ether oxygens (including phenoxy) is 2. The number of methoxy groups -OCH3 is 1. The number of carbonyl (C=O) groups excluding carboxylic acids is 1. The molecule has 1 amide bonds. The molecule has 3 aliphatic rings. The monoisotopic (exact) mass is 329 g/mol. The lowest BCUT2D eigenvalue weighted by atomic mass is 9.87. The van der Waals surface area contributed by atoms with Gasteiger partial charge >= 0.3 is 0 Å². The summed E-state index contributed by atoms with van der Waals surface area (Å²) in [5.41, 5.74) is 1.17. The first-order valence-electron chi connectivity index (χ1n) is 9.24. The van der Waals surface area contributed by atoms with Crippen molar-refractivity contribution >= 4 is 5.91 Å². The quantitative estimate of drug-likeness (QED) is 0.803. The van der Waals surface area contributed by atoms with E-state index in [9.17, 15) is 4.79 Å². The molecule has 0 spiro atoms. The van der Waals surface area contributed by atoms with E-state index in [2.05, 4.69) is 24.0 Å². The van der Waals surface area contributed by atoms with E-state index >= 15 is 0 Å². The standard InChI is InChI=1S/C20H27NO3/c1-13(15-5-6-15)21(12-14-3-7-16(23-2)8-4-14)20(22)18-11-17-9-10-19(18)24-17/h3-4,7-8,13,15,17-19H,5-6,9-12H2,1-2H3/t13-,17-,18+,19-/m0/s1. The van der Waals surface area contributed by atoms with Gasteiger partial charge in [-0.3, -0.25) is 4.79 Å². The van der Waals surface area contributed by atoms with E-state index < -0.39 is 0 Å². The zero-order valence-corrected chi connectivity index (χ0v) is 14.6. The summed E-state index contributed by atoms with van der Waals surface area (Å²) in [6.45, 7) is 2.90. The molecule has 3 fully saturated rings. The maximum atomic E-state index is 13.3. The second kappa shape index (κ2) is 6.40. The average Bonchev–Trinajstić information content (AvgIpc) is 3.26. The Morgan fingerprint density at radius 3 is 2.54 bits per heavy atom. The first-order chi connectivity index (χ1) is 11.7. The third-order valence-corrected chi connectivity index (χ3v) is 6.01. The van der Waals surface area contributed by atoms with Crippen LogP contribution in [0.4, 0.5) is 0 Å². The number of nitrogens with zero attached hydrogens (tertiary/aromatic N) is 1. The van der Waals surface area contributed by atoms with Gasteiger partial charge < -0.3 is 14.4 Å². The van der Waals surface area contributed by atoms with Crippen molar-refractivity contribution in [1.29, 1.82) is 0 Å². The number of amides is 1. The van der Waals surface area contributed by atoms with Crippen molar-refractivity contribution in [2.24, 2.45) is 11.8 Å². The molecule has 130 valence electrons. The number of hydrogen-bond acceptors (Lipinski definition) is 3. The molecule has 0 N–H and O–H groups in total. The van der Waals surface area contributed by atoms with Gasteiger partial charge in [0.2, 0.25) is 5.91 Å². The van der Waals surface area contributed by atoms with Crippen molar-refractivity contribution in [2.75, 3.05) is 7.11 Å². The minimum absolute atomic E-state index is 0.0724. The summed E-state index contributed by atoms with van der Waals surface area (Å²) in [6.07, 6.45) is 6.08. The molecule has 2 aliphatic heterocycles. The van der Waals surface area contributed by atoms with Gasteiger partial charge in [-0.25, -0.2) is 0 Å². The van der Waals surface area contributed by atoms with E-state index in [1.807, 2.05) is 12.1 Å². The van der Waals surface area contributed by atoms with Crippen LogP contribution in [0.5, 0.6) is 5.75 Å². The number of hydrogen-bond donors (Lipinski definition) is 0. The maximum absolute atomic E-state index is 13.3. The molecule has 4 rings (SSSR count). The SMILES string of the molecule is COc1ccc(CN(C(=O)[C@@H]2C[C@@H]3CC[C@@H]2O3)[C@@H](C)C2CC2)cc1. The molecule has 1 aliphatic carbocycles. The lowest BCUT2D eigenvalue weighted by Crippen LogP contribution is -2.45. The molecular formula is C20H27NO3. The number of fused-ring (bicyclic) bond motifs is 2. The Bertz CT molecular complexity index is 595. The van der Waals surface area contributed by atoms with E-state index in [-0.39, 0.29) is 12.0 Å². The van der Waals surface area contributed by atoms with Crippen LogP contribution >= 0.6 is 0 Å². The summed E-state index contributed by atoms with van der Waals surface area (Å²) in [4.78, 5) is 15.4. The van der Waals surface area contributed by atoms with Crippen LogP contribution in [0.25, 0.3) is 0 Å². The average molecular weight is 329 g/mol. The molecule has 4 nitrogen and oxygen atoms in total. The molecule has 2 bridgehead atoms. The summed E-state index contributed by atoms with van der Waals surface area (Å²) in [5, 5.41) is 0. The molecule has 1 aromatic carbocycles. The molecule has 1 aromatic rings. The normalized spacial score (nSPS) is 29.5. The largest absolute Gasteiger partial charge is 0.497 e. The van der Waals surface area contributed by atoms with E-state index in [1.54, 1.807) is 7.11 Å². The van der Waals surface area contributed by atoms with Crippen molar-refractivity contribution in [3.8, 4) is 5.75 Å². The van der Waals surface area contributed by atoms with Gasteiger partial charge in [-0.1, -0.05) is 12.1 Å². The van der Waals surface area contributed by atoms with Gasteiger partial charge in [0.15, 0.2) is 0 Å². The highest BCUT2D eigenvalue weighted by atomic mass is 16.5. The molecule has 4 atom stereocenters. The molecule has 1 saturated carbocycles. The van der Waals surface area contributed by atoms with Crippen LogP contribution < -0.4 is 4.74 Å². The van der Waals surface area contributed by atoms with Crippen LogP contribution in [0.1, 0.15) is 44.6 Å². The Kier molecular flexibility index (Phi) is 4.25. The van der Waals surface area contributed by atoms with Crippen LogP contribution in [0.3, 0.4) is 0 Å². The van der Waals surface area contributed by atoms with Gasteiger partial charge in [-0.05, 0) is 62.6 Å². The van der Waals surface area contributed by atoms with Gasteiger partial charge in [0, 0.05) is 12.6 Å². The van der Waals surface area contributed by atoms with Crippen LogP contribution in [-0.2, 0) is 16.1 Å². The van der Waals surface area contributed by atoms with E-state index in [0.29, 0.717) is 30.5 Å². The first kappa shape index (κ1) is 15.9. The van der Waals surface area contributed by atoms with Crippen molar-refractivity contribution in [3.05, 3.63) is 29.8 Å². The number of benzene rings is 1. The van der Waals surface area contributed by atoms with Crippen molar-refractivity contribution in [2.45, 2.75) is 63.8 Å². The van der Waals surface area contributed by atoms with E-state index in [1.165, 1.54) is 18.4 Å². The fourth-order valence-corrected chi connectivity index (χ4v) is 4.29. The Morgan fingerprint density at radius 2 is 2.00 bits per heavy atom. The zero-order valence-electron chi connectivity index (χ0n) is 14.6. The van der Waals surface area contributed by atoms with Gasteiger partial charge in [0.25, 0.3) is 0 Å². The first-order valence-corrected chi connectivity index (χ1v) is 9.24. The molecule has 0 aromatic heterocycles. The van der Waals surface area contributed by atoms with Crippen LogP contribution in [0.15, 0.2) is 24.3 Å². The molecule has 2 saturated heterocycles. The lowest BCUT2D eigenvalue weighted by Gasteiger charge is -2.33. The Labute approximate surface area is 144 Å². The number of rotatable bonds is 6. The van der Waals surface area contributed by atoms with Gasteiger partial charge in [-0.2, -0.15) is 0 Å². The van der Waals surface area contributed by atoms with Crippen LogP contribution in [0.2, 0.25) is 0 Å². The number of carbonyl (C=O) groups is 1. The molecular weight excluding hydrogens is 302 g/mol. The fourth-order valence-electron chi connectivity index (χ4n) is 4.29. The van der Waals surface area contributed by atoms with Crippen LogP contribution in [-0.4, -0.2) is 36.2 Å². The summed E-state index contributed by atoms with van der Waals surface area (Å²) >= 11 is 0. The third-order valence-electron chi connectivity index (χ3n) is 6.01. The highest BCUT2D eigenvalue weighted by Gasteiger charge is 2.47. The van der Waals surface area contributed by atoms with Gasteiger partial charge in [0.05, 0.1) is 25.2 Å². The van der Waals surface area contributed by atoms with Crippen LogP contribution in [0, 0.1) is 11.8 Å². The maximum Gasteiger partial charge on any atom is 0.228 e. The second-order valence-electron chi connectivity index (χ2n) is 7.61. The highest BCUT2D eigenvalue weighted by Crippen LogP contribution is 2.42. The fraction of sp³-hybridized carbons (Fsp3) is 0.650. The third kappa shape index (κ3) is 3.04. The lowest BCUT2D eigenvalue weighted by molar-refractivity contribution is -0.140. The van der Waals surface area contributed by atoms with Crippen molar-refractivity contribution < 1.29 is 14.3 Å². The summed E-state index contributed by atoms with van der Waals surface area (Å²) < 4.78 is 11.2. The zero-order chi connectivity index (χ0) is 16.7. The van der Waals surface area contributed by atoms with E-state index in [0.717, 1.165) is 25.0 Å². The minimum atomic E-state index is 0.0724. The van der Waals surface area contributed by atoms with Crippen molar-refractivity contribution in [1.82, 2.24) is 4.90 Å². The van der Waals surface area contributed by atoms with Crippen molar-refractivity contribution in [3.63, 3.8) is 0 Å². The highest BCUT2D eigenvalue weighted by molar-refractivity contribution is 5.80. The molecule has 24 heavy (non-hydrogen) atoms. The Hall–Kier alpha value is -1.55. The Balaban J connectivity index is 1.51. The summed E-state index contributed by atoms with van der Waals surface area (Å²) in [6, 6.07) is 8.39. The minimum Gasteiger partial charge on any atom is -0.497 e. The topological polar surface area (TPSA) is 38.8 Å². The van der Waals surface area contributed by atoms with Gasteiger partial charge in [-0.15, -0.1) is 0 Å². The predicted molar refractivity (Wildman–Crippen MR) is 91.7 cm³/mol. The molecule has 2 heterocycles. The summed E-state index contributed by atoms with van der Waals surface area (Å²) in [5.74, 6) is 1.90. The smallest absolute Gasteiger partial charge is 0.228 e. The predicted octanol–water partition coefficient (Wildman–Crippen LogP) is 3.39. The molecule has 0 unspecified atom stereocenters. The summed E-state index contributed by atoms with van der Waals surface area (Å²) in [7, 11) is 1.68. The molecule has 4 heteroatoms.